The van der Waals surface area contributed by atoms with Gasteiger partial charge in [-0.3, -0.25) is 4.79 Å². The molecule has 1 N–H and O–H groups in total. The molecule has 1 aliphatic heterocycles. The molecule has 4 rings (SSSR count). The van der Waals surface area contributed by atoms with Gasteiger partial charge in [0.05, 0.1) is 10.6 Å². The largest absolute Gasteiger partial charge is 0.354 e. The molecule has 3 aromatic rings. The molecule has 5 nitrogen and oxygen atoms in total. The number of aldehydes is 1. The molecule has 27 heavy (non-hydrogen) atoms. The molecule has 0 aliphatic carbocycles. The molecule has 1 saturated heterocycles. The summed E-state index contributed by atoms with van der Waals surface area (Å²) >= 11 is 0. The van der Waals surface area contributed by atoms with Gasteiger partial charge in [0.15, 0.2) is 17.9 Å². The van der Waals surface area contributed by atoms with Crippen LogP contribution in [0, 0.1) is 11.6 Å². The van der Waals surface area contributed by atoms with Crippen molar-refractivity contribution in [1.29, 1.82) is 0 Å². The maximum Gasteiger partial charge on any atom is 0.243 e. The summed E-state index contributed by atoms with van der Waals surface area (Å²) in [6, 6.07) is 7.85. The van der Waals surface area contributed by atoms with Crippen LogP contribution in [0.3, 0.4) is 0 Å². The number of sulfonamides is 1. The van der Waals surface area contributed by atoms with Crippen molar-refractivity contribution in [3.05, 3.63) is 53.6 Å². The first kappa shape index (κ1) is 17.8. The van der Waals surface area contributed by atoms with Gasteiger partial charge >= 0.3 is 0 Å². The van der Waals surface area contributed by atoms with Crippen LogP contribution < -0.4 is 0 Å². The molecule has 0 radical (unpaired) electrons. The Hall–Kier alpha value is -2.58. The van der Waals surface area contributed by atoms with E-state index in [0.29, 0.717) is 41.5 Å². The van der Waals surface area contributed by atoms with Crippen LogP contribution in [0.25, 0.3) is 22.2 Å². The van der Waals surface area contributed by atoms with E-state index in [2.05, 4.69) is 4.98 Å². The molecule has 8 heteroatoms. The molecule has 2 heterocycles. The molecule has 0 unspecified atom stereocenters. The fraction of sp³-hybridized carbons (Fsp3) is 0.211. The highest BCUT2D eigenvalue weighted by Gasteiger charge is 2.28. The van der Waals surface area contributed by atoms with Crippen LogP contribution in [0.1, 0.15) is 23.2 Å². The first-order valence-corrected chi connectivity index (χ1v) is 9.92. The van der Waals surface area contributed by atoms with Crippen molar-refractivity contribution in [3.63, 3.8) is 0 Å². The number of nitrogens with zero attached hydrogens (tertiary/aromatic N) is 1. The van der Waals surface area contributed by atoms with E-state index >= 15 is 0 Å². The summed E-state index contributed by atoms with van der Waals surface area (Å²) in [6.07, 6.45) is 2.23. The zero-order valence-corrected chi connectivity index (χ0v) is 15.0. The predicted molar refractivity (Wildman–Crippen MR) is 97.0 cm³/mol. The number of rotatable bonds is 4. The molecular weight excluding hydrogens is 374 g/mol. The SMILES string of the molecule is O=Cc1c(-c2ccc(F)c(F)c2)[nH]c2ccc(S(=O)(=O)N3CCCC3)cc12. The average molecular weight is 390 g/mol. The van der Waals surface area contributed by atoms with Crippen molar-refractivity contribution in [2.24, 2.45) is 0 Å². The summed E-state index contributed by atoms with van der Waals surface area (Å²) < 4.78 is 53.8. The van der Waals surface area contributed by atoms with Gasteiger partial charge in [0.1, 0.15) is 0 Å². The number of nitrogens with one attached hydrogen (secondary N) is 1. The second-order valence-corrected chi connectivity index (χ2v) is 8.42. The maximum absolute atomic E-state index is 13.6. The fourth-order valence-electron chi connectivity index (χ4n) is 3.43. The van der Waals surface area contributed by atoms with Crippen LogP contribution in [0.5, 0.6) is 0 Å². The first-order chi connectivity index (χ1) is 12.9. The third kappa shape index (κ3) is 2.94. The minimum absolute atomic E-state index is 0.107. The molecule has 0 saturated carbocycles. The number of carbonyl (C=O) groups is 1. The summed E-state index contributed by atoms with van der Waals surface area (Å²) in [5.41, 5.74) is 1.36. The van der Waals surface area contributed by atoms with E-state index in [4.69, 9.17) is 0 Å². The number of aromatic nitrogens is 1. The molecular formula is C19H16F2N2O3S. The van der Waals surface area contributed by atoms with E-state index in [-0.39, 0.29) is 10.5 Å². The molecule has 0 atom stereocenters. The number of aromatic amines is 1. The van der Waals surface area contributed by atoms with Crippen LogP contribution in [-0.2, 0) is 10.0 Å². The van der Waals surface area contributed by atoms with Crippen molar-refractivity contribution >= 4 is 27.2 Å². The van der Waals surface area contributed by atoms with Crippen LogP contribution in [-0.4, -0.2) is 37.1 Å². The van der Waals surface area contributed by atoms with Crippen LogP contribution in [0.4, 0.5) is 8.78 Å². The molecule has 1 aliphatic rings. The molecule has 0 spiro atoms. The van der Waals surface area contributed by atoms with Gasteiger partial charge in [0.25, 0.3) is 0 Å². The number of hydrogen-bond acceptors (Lipinski definition) is 3. The van der Waals surface area contributed by atoms with Gasteiger partial charge in [-0.15, -0.1) is 0 Å². The van der Waals surface area contributed by atoms with E-state index in [9.17, 15) is 22.0 Å². The molecule has 140 valence electrons. The lowest BCUT2D eigenvalue weighted by atomic mass is 10.1. The number of fused-ring (bicyclic) bond motifs is 1. The highest BCUT2D eigenvalue weighted by atomic mass is 32.2. The zero-order valence-electron chi connectivity index (χ0n) is 14.2. The lowest BCUT2D eigenvalue weighted by molar-refractivity contribution is 0.112. The van der Waals surface area contributed by atoms with E-state index in [1.165, 1.54) is 22.5 Å². The number of benzene rings is 2. The number of carbonyl (C=O) groups excluding carboxylic acids is 1. The Bertz CT molecular complexity index is 1150. The normalized spacial score (nSPS) is 15.5. The minimum Gasteiger partial charge on any atom is -0.354 e. The Morgan fingerprint density at radius 3 is 2.41 bits per heavy atom. The van der Waals surface area contributed by atoms with Gasteiger partial charge in [0, 0.05) is 35.1 Å². The number of halogens is 2. The topological polar surface area (TPSA) is 70.2 Å². The van der Waals surface area contributed by atoms with E-state index in [0.717, 1.165) is 25.0 Å². The van der Waals surface area contributed by atoms with Crippen LogP contribution >= 0.6 is 0 Å². The quantitative estimate of drug-likeness (QED) is 0.691. The zero-order chi connectivity index (χ0) is 19.2. The number of H-pyrrole nitrogens is 1. The van der Waals surface area contributed by atoms with E-state index < -0.39 is 21.7 Å². The van der Waals surface area contributed by atoms with E-state index in [1.54, 1.807) is 6.07 Å². The van der Waals surface area contributed by atoms with Crippen molar-refractivity contribution in [3.8, 4) is 11.3 Å². The maximum atomic E-state index is 13.6. The summed E-state index contributed by atoms with van der Waals surface area (Å²) in [6.45, 7) is 0.961. The highest BCUT2D eigenvalue weighted by molar-refractivity contribution is 7.89. The van der Waals surface area contributed by atoms with Crippen molar-refractivity contribution in [2.45, 2.75) is 17.7 Å². The molecule has 1 fully saturated rings. The van der Waals surface area contributed by atoms with Crippen LogP contribution in [0.2, 0.25) is 0 Å². The second-order valence-electron chi connectivity index (χ2n) is 6.48. The Balaban J connectivity index is 1.87. The van der Waals surface area contributed by atoms with Crippen molar-refractivity contribution in [1.82, 2.24) is 9.29 Å². The first-order valence-electron chi connectivity index (χ1n) is 8.48. The Labute approximate surface area is 154 Å². The summed E-state index contributed by atoms with van der Waals surface area (Å²) in [5.74, 6) is -2.01. The Morgan fingerprint density at radius 2 is 1.74 bits per heavy atom. The molecule has 1 aromatic heterocycles. The smallest absolute Gasteiger partial charge is 0.243 e. The van der Waals surface area contributed by atoms with Gasteiger partial charge < -0.3 is 4.98 Å². The van der Waals surface area contributed by atoms with Gasteiger partial charge in [-0.2, -0.15) is 4.31 Å². The number of hydrogen-bond donors (Lipinski definition) is 1. The summed E-state index contributed by atoms with van der Waals surface area (Å²) in [7, 11) is -3.63. The molecule has 0 amide bonds. The molecule has 0 bridgehead atoms. The van der Waals surface area contributed by atoms with Crippen molar-refractivity contribution in [2.75, 3.05) is 13.1 Å². The fourth-order valence-corrected chi connectivity index (χ4v) is 4.98. The van der Waals surface area contributed by atoms with E-state index in [1.807, 2.05) is 0 Å². The van der Waals surface area contributed by atoms with Crippen molar-refractivity contribution < 1.29 is 22.0 Å². The van der Waals surface area contributed by atoms with Gasteiger partial charge in [-0.1, -0.05) is 0 Å². The van der Waals surface area contributed by atoms with Gasteiger partial charge in [-0.05, 0) is 49.2 Å². The average Bonchev–Trinajstić information content (AvgIpc) is 3.31. The third-order valence-electron chi connectivity index (χ3n) is 4.84. The highest BCUT2D eigenvalue weighted by Crippen LogP contribution is 2.32. The summed E-state index contributed by atoms with van der Waals surface area (Å²) in [4.78, 5) is 14.8. The lowest BCUT2D eigenvalue weighted by Crippen LogP contribution is -2.27. The second kappa shape index (κ2) is 6.54. The monoisotopic (exact) mass is 390 g/mol. The van der Waals surface area contributed by atoms with Gasteiger partial charge in [0.2, 0.25) is 10.0 Å². The standard InChI is InChI=1S/C19H16F2N2O3S/c20-16-5-3-12(9-17(16)21)19-15(11-24)14-10-13(4-6-18(14)22-19)27(25,26)23-7-1-2-8-23/h3-6,9-11,22H,1-2,7-8H2. The summed E-state index contributed by atoms with van der Waals surface area (Å²) in [5, 5.41) is 0.421. The Kier molecular flexibility index (Phi) is 4.32. The molecule has 2 aromatic carbocycles. The van der Waals surface area contributed by atoms with Crippen LogP contribution in [0.15, 0.2) is 41.3 Å². The minimum atomic E-state index is -3.63. The predicted octanol–water partition coefficient (Wildman–Crippen LogP) is 3.71. The Morgan fingerprint density at radius 1 is 1.00 bits per heavy atom. The lowest BCUT2D eigenvalue weighted by Gasteiger charge is -2.15. The van der Waals surface area contributed by atoms with Gasteiger partial charge in [-0.25, -0.2) is 17.2 Å². The third-order valence-corrected chi connectivity index (χ3v) is 6.73.